The van der Waals surface area contributed by atoms with Crippen LogP contribution >= 0.6 is 11.8 Å². The number of fused-ring (bicyclic) bond motifs is 1. The van der Waals surface area contributed by atoms with Gasteiger partial charge in [-0.25, -0.2) is 5.01 Å². The number of thioether (sulfide) groups is 1. The Morgan fingerprint density at radius 1 is 1.00 bits per heavy atom. The number of nitrogens with zero attached hydrogens (tertiary/aromatic N) is 3. The van der Waals surface area contributed by atoms with Gasteiger partial charge in [0.15, 0.2) is 5.12 Å². The van der Waals surface area contributed by atoms with Crippen LogP contribution in [0.3, 0.4) is 0 Å². The minimum Gasteiger partial charge on any atom is -0.343 e. The molecular weight excluding hydrogens is 510 g/mol. The molecule has 0 aliphatic carbocycles. The van der Waals surface area contributed by atoms with Crippen LogP contribution in [0.2, 0.25) is 0 Å². The molecule has 1 saturated heterocycles. The van der Waals surface area contributed by atoms with Crippen molar-refractivity contribution in [3.05, 3.63) is 35.4 Å². The molecule has 38 heavy (non-hydrogen) atoms. The monoisotopic (exact) mass is 545 g/mol. The SMILES string of the molecule is CC(=O)SC(CCCN1C(=O)c2ccccc2C1=O)C(=O)N[C@@H](CC(C)C)C(=O)NN1CCN(C)C(=O)C1. The summed E-state index contributed by atoms with van der Waals surface area (Å²) < 4.78 is 0. The van der Waals surface area contributed by atoms with Crippen molar-refractivity contribution < 1.29 is 28.8 Å². The molecular formula is C26H35N5O6S. The molecule has 0 aromatic heterocycles. The molecule has 1 fully saturated rings. The molecule has 0 radical (unpaired) electrons. The first-order valence-corrected chi connectivity index (χ1v) is 13.6. The Labute approximate surface area is 226 Å². The maximum atomic E-state index is 13.2. The molecule has 0 saturated carbocycles. The van der Waals surface area contributed by atoms with Gasteiger partial charge in [-0.15, -0.1) is 0 Å². The van der Waals surface area contributed by atoms with Gasteiger partial charge in [0, 0.05) is 33.6 Å². The first-order valence-electron chi connectivity index (χ1n) is 12.7. The Kier molecular flexibility index (Phi) is 10.0. The topological polar surface area (TPSA) is 136 Å². The van der Waals surface area contributed by atoms with Crippen LogP contribution in [-0.2, 0) is 19.2 Å². The quantitative estimate of drug-likeness (QED) is 0.394. The van der Waals surface area contributed by atoms with Crippen molar-refractivity contribution in [2.24, 2.45) is 5.92 Å². The lowest BCUT2D eigenvalue weighted by atomic mass is 10.0. The van der Waals surface area contributed by atoms with Crippen molar-refractivity contribution in [2.75, 3.05) is 33.2 Å². The standard InChI is InChI=1S/C26H35N5O6S/c1-16(2)14-20(23(34)28-30-13-12-29(4)22(33)15-30)27-24(35)21(38-17(3)32)10-7-11-31-25(36)18-8-5-6-9-19(18)26(31)37/h5-6,8-9,16,20-21H,7,10-15H2,1-4H3,(H,27,35)(H,28,34)/t20-,21?/m0/s1. The number of hydrogen-bond donors (Lipinski definition) is 2. The van der Waals surface area contributed by atoms with Gasteiger partial charge in [0.1, 0.15) is 6.04 Å². The van der Waals surface area contributed by atoms with E-state index in [1.54, 1.807) is 36.2 Å². The zero-order valence-corrected chi connectivity index (χ0v) is 23.0. The van der Waals surface area contributed by atoms with Crippen LogP contribution < -0.4 is 10.7 Å². The van der Waals surface area contributed by atoms with Crippen molar-refractivity contribution in [3.63, 3.8) is 0 Å². The third-order valence-electron chi connectivity index (χ3n) is 6.39. The van der Waals surface area contributed by atoms with Gasteiger partial charge in [-0.2, -0.15) is 0 Å². The van der Waals surface area contributed by atoms with Crippen molar-refractivity contribution >= 4 is 46.4 Å². The van der Waals surface area contributed by atoms with E-state index >= 15 is 0 Å². The molecule has 2 N–H and O–H groups in total. The molecule has 3 rings (SSSR count). The summed E-state index contributed by atoms with van der Waals surface area (Å²) in [5, 5.41) is 3.26. The molecule has 0 spiro atoms. The molecule has 1 aromatic carbocycles. The zero-order chi connectivity index (χ0) is 28.0. The van der Waals surface area contributed by atoms with E-state index in [0.717, 1.165) is 16.7 Å². The van der Waals surface area contributed by atoms with Crippen molar-refractivity contribution in [1.29, 1.82) is 0 Å². The maximum Gasteiger partial charge on any atom is 0.261 e. The van der Waals surface area contributed by atoms with E-state index < -0.39 is 23.1 Å². The Morgan fingerprint density at radius 3 is 2.18 bits per heavy atom. The van der Waals surface area contributed by atoms with E-state index in [4.69, 9.17) is 0 Å². The van der Waals surface area contributed by atoms with Crippen molar-refractivity contribution in [1.82, 2.24) is 25.6 Å². The van der Waals surface area contributed by atoms with Crippen LogP contribution in [0.15, 0.2) is 24.3 Å². The predicted octanol–water partition coefficient (Wildman–Crippen LogP) is 1.05. The number of carbonyl (C=O) groups is 6. The smallest absolute Gasteiger partial charge is 0.261 e. The molecule has 206 valence electrons. The lowest BCUT2D eigenvalue weighted by Crippen LogP contribution is -2.59. The summed E-state index contributed by atoms with van der Waals surface area (Å²) in [6, 6.07) is 5.75. The van der Waals surface area contributed by atoms with Crippen LogP contribution in [-0.4, -0.2) is 94.0 Å². The highest BCUT2D eigenvalue weighted by atomic mass is 32.2. The third-order valence-corrected chi connectivity index (χ3v) is 7.46. The molecule has 11 nitrogen and oxygen atoms in total. The van der Waals surface area contributed by atoms with Crippen LogP contribution in [0.4, 0.5) is 0 Å². The first kappa shape index (κ1) is 29.3. The second-order valence-corrected chi connectivity index (χ2v) is 11.3. The van der Waals surface area contributed by atoms with Crippen LogP contribution in [0.1, 0.15) is 60.7 Å². The molecule has 1 unspecified atom stereocenters. The highest BCUT2D eigenvalue weighted by molar-refractivity contribution is 8.14. The van der Waals surface area contributed by atoms with Gasteiger partial charge >= 0.3 is 0 Å². The van der Waals surface area contributed by atoms with Crippen LogP contribution in [0, 0.1) is 5.92 Å². The average Bonchev–Trinajstić information content (AvgIpc) is 3.09. The second-order valence-electron chi connectivity index (χ2n) is 9.95. The van der Waals surface area contributed by atoms with E-state index in [0.29, 0.717) is 37.1 Å². The Hall–Kier alpha value is -3.25. The number of rotatable bonds is 11. The Bertz CT molecular complexity index is 1070. The van der Waals surface area contributed by atoms with E-state index in [1.165, 1.54) is 11.9 Å². The number of imide groups is 1. The summed E-state index contributed by atoms with van der Waals surface area (Å²) in [5.74, 6) is -1.67. The molecule has 2 aliphatic rings. The van der Waals surface area contributed by atoms with Gasteiger partial charge in [0.2, 0.25) is 11.8 Å². The maximum absolute atomic E-state index is 13.2. The van der Waals surface area contributed by atoms with Gasteiger partial charge in [-0.1, -0.05) is 37.7 Å². The molecule has 5 amide bonds. The summed E-state index contributed by atoms with van der Waals surface area (Å²) in [4.78, 5) is 78.1. The summed E-state index contributed by atoms with van der Waals surface area (Å²) in [5.41, 5.74) is 3.45. The number of hydrogen-bond acceptors (Lipinski definition) is 8. The fraction of sp³-hybridized carbons (Fsp3) is 0.538. The van der Waals surface area contributed by atoms with Crippen molar-refractivity contribution in [3.8, 4) is 0 Å². The van der Waals surface area contributed by atoms with Gasteiger partial charge in [-0.05, 0) is 37.3 Å². The highest BCUT2D eigenvalue weighted by Gasteiger charge is 2.35. The second kappa shape index (κ2) is 13.0. The van der Waals surface area contributed by atoms with Gasteiger partial charge < -0.3 is 10.2 Å². The van der Waals surface area contributed by atoms with Gasteiger partial charge in [0.05, 0.1) is 22.9 Å². The van der Waals surface area contributed by atoms with E-state index in [-0.39, 0.29) is 48.3 Å². The first-order chi connectivity index (χ1) is 18.0. The minimum atomic E-state index is -0.858. The number of likely N-dealkylation sites (N-methyl/N-ethyl adjacent to an activating group) is 1. The zero-order valence-electron chi connectivity index (χ0n) is 22.2. The molecule has 0 bridgehead atoms. The number of amides is 5. The van der Waals surface area contributed by atoms with Crippen LogP contribution in [0.5, 0.6) is 0 Å². The largest absolute Gasteiger partial charge is 0.343 e. The molecule has 1 aromatic rings. The number of piperazine rings is 1. The third kappa shape index (κ3) is 7.41. The Balaban J connectivity index is 1.61. The number of carbonyl (C=O) groups excluding carboxylic acids is 6. The van der Waals surface area contributed by atoms with Gasteiger partial charge in [-0.3, -0.25) is 39.1 Å². The molecule has 2 heterocycles. The van der Waals surface area contributed by atoms with Crippen LogP contribution in [0.25, 0.3) is 0 Å². The molecule has 2 aliphatic heterocycles. The molecule has 12 heteroatoms. The minimum absolute atomic E-state index is 0.0468. The summed E-state index contributed by atoms with van der Waals surface area (Å²) in [7, 11) is 1.70. The fourth-order valence-corrected chi connectivity index (χ4v) is 5.24. The van der Waals surface area contributed by atoms with Crippen molar-refractivity contribution in [2.45, 2.75) is 51.3 Å². The highest BCUT2D eigenvalue weighted by Crippen LogP contribution is 2.24. The lowest BCUT2D eigenvalue weighted by molar-refractivity contribution is -0.140. The van der Waals surface area contributed by atoms with E-state index in [1.807, 2.05) is 13.8 Å². The average molecular weight is 546 g/mol. The molecule has 2 atom stereocenters. The van der Waals surface area contributed by atoms with E-state index in [2.05, 4.69) is 10.7 Å². The number of nitrogens with one attached hydrogen (secondary N) is 2. The predicted molar refractivity (Wildman–Crippen MR) is 142 cm³/mol. The number of hydrazine groups is 1. The van der Waals surface area contributed by atoms with E-state index in [9.17, 15) is 28.8 Å². The normalized spacial score (nSPS) is 17.4. The summed E-state index contributed by atoms with van der Waals surface area (Å²) in [6.45, 7) is 6.32. The lowest BCUT2D eigenvalue weighted by Gasteiger charge is -2.33. The summed E-state index contributed by atoms with van der Waals surface area (Å²) in [6.07, 6.45) is 0.909. The van der Waals surface area contributed by atoms with Gasteiger partial charge in [0.25, 0.3) is 17.7 Å². The number of benzene rings is 1. The summed E-state index contributed by atoms with van der Waals surface area (Å²) >= 11 is 0.856. The Morgan fingerprint density at radius 2 is 1.63 bits per heavy atom. The fourth-order valence-electron chi connectivity index (χ4n) is 4.38.